The SMILES string of the molecule is CC(C)c1ccnc(OC2C[C@H]3CC[C@@H](C2)N3C(=O)O)c1. The maximum Gasteiger partial charge on any atom is 0.407 e. The molecule has 1 N–H and O–H groups in total. The number of rotatable bonds is 3. The highest BCUT2D eigenvalue weighted by atomic mass is 16.5. The molecule has 3 rings (SSSR count). The van der Waals surface area contributed by atoms with Crippen LogP contribution in [-0.4, -0.2) is 39.3 Å². The molecule has 0 aromatic carbocycles. The zero-order valence-corrected chi connectivity index (χ0v) is 12.5. The van der Waals surface area contributed by atoms with E-state index in [4.69, 9.17) is 4.74 Å². The van der Waals surface area contributed by atoms with Gasteiger partial charge in [0.1, 0.15) is 6.10 Å². The van der Waals surface area contributed by atoms with Crippen LogP contribution in [0.4, 0.5) is 4.79 Å². The third-order valence-corrected chi connectivity index (χ3v) is 4.62. The summed E-state index contributed by atoms with van der Waals surface area (Å²) >= 11 is 0. The van der Waals surface area contributed by atoms with Crippen molar-refractivity contribution in [1.82, 2.24) is 9.88 Å². The molecule has 2 bridgehead atoms. The molecule has 2 saturated heterocycles. The van der Waals surface area contributed by atoms with Crippen LogP contribution in [0.3, 0.4) is 0 Å². The van der Waals surface area contributed by atoms with Gasteiger partial charge >= 0.3 is 6.09 Å². The molecule has 0 spiro atoms. The van der Waals surface area contributed by atoms with Crippen LogP contribution >= 0.6 is 0 Å². The second-order valence-electron chi connectivity index (χ2n) is 6.37. The first-order valence-electron chi connectivity index (χ1n) is 7.68. The minimum absolute atomic E-state index is 0.0769. The molecule has 2 aliphatic rings. The van der Waals surface area contributed by atoms with E-state index in [1.165, 1.54) is 5.56 Å². The predicted octanol–water partition coefficient (Wildman–Crippen LogP) is 3.26. The molecule has 1 unspecified atom stereocenters. The van der Waals surface area contributed by atoms with E-state index < -0.39 is 6.09 Å². The van der Waals surface area contributed by atoms with E-state index in [0.29, 0.717) is 11.8 Å². The summed E-state index contributed by atoms with van der Waals surface area (Å²) in [5.41, 5.74) is 1.21. The van der Waals surface area contributed by atoms with Crippen molar-refractivity contribution < 1.29 is 14.6 Å². The zero-order valence-electron chi connectivity index (χ0n) is 12.5. The fourth-order valence-corrected chi connectivity index (χ4v) is 3.55. The van der Waals surface area contributed by atoms with E-state index in [-0.39, 0.29) is 18.2 Å². The molecule has 3 atom stereocenters. The Morgan fingerprint density at radius 1 is 1.38 bits per heavy atom. The third kappa shape index (κ3) is 2.82. The van der Waals surface area contributed by atoms with Crippen molar-refractivity contribution in [3.05, 3.63) is 23.9 Å². The number of piperidine rings is 1. The highest BCUT2D eigenvalue weighted by Crippen LogP contribution is 2.37. The van der Waals surface area contributed by atoms with E-state index >= 15 is 0 Å². The summed E-state index contributed by atoms with van der Waals surface area (Å²) in [6.07, 6.45) is 4.53. The fourth-order valence-electron chi connectivity index (χ4n) is 3.55. The topological polar surface area (TPSA) is 62.7 Å². The van der Waals surface area contributed by atoms with Crippen LogP contribution < -0.4 is 4.74 Å². The van der Waals surface area contributed by atoms with Crippen LogP contribution in [0.1, 0.15) is 51.0 Å². The minimum Gasteiger partial charge on any atom is -0.474 e. The standard InChI is InChI=1S/C16H22N2O3/c1-10(2)11-5-6-17-15(7-11)21-14-8-12-3-4-13(9-14)18(12)16(19)20/h5-7,10,12-14H,3-4,8-9H2,1-2H3,(H,19,20)/t12-,13+,14?. The molecular formula is C16H22N2O3. The van der Waals surface area contributed by atoms with Gasteiger partial charge in [-0.15, -0.1) is 0 Å². The smallest absolute Gasteiger partial charge is 0.407 e. The van der Waals surface area contributed by atoms with Crippen molar-refractivity contribution in [3.8, 4) is 5.88 Å². The Hall–Kier alpha value is -1.78. The van der Waals surface area contributed by atoms with Crippen molar-refractivity contribution in [1.29, 1.82) is 0 Å². The van der Waals surface area contributed by atoms with Gasteiger partial charge in [0.15, 0.2) is 0 Å². The lowest BCUT2D eigenvalue weighted by atomic mass is 10.00. The summed E-state index contributed by atoms with van der Waals surface area (Å²) in [7, 11) is 0. The average molecular weight is 290 g/mol. The normalized spacial score (nSPS) is 28.0. The molecule has 21 heavy (non-hydrogen) atoms. The van der Waals surface area contributed by atoms with Crippen molar-refractivity contribution in [3.63, 3.8) is 0 Å². The van der Waals surface area contributed by atoms with Gasteiger partial charge in [-0.05, 0) is 30.4 Å². The van der Waals surface area contributed by atoms with E-state index in [1.54, 1.807) is 11.1 Å². The van der Waals surface area contributed by atoms with Crippen molar-refractivity contribution in [2.24, 2.45) is 0 Å². The number of nitrogens with zero attached hydrogens (tertiary/aromatic N) is 2. The fraction of sp³-hybridized carbons (Fsp3) is 0.625. The molecule has 1 amide bonds. The van der Waals surface area contributed by atoms with Crippen molar-refractivity contribution in [2.45, 2.75) is 63.6 Å². The van der Waals surface area contributed by atoms with Gasteiger partial charge in [-0.1, -0.05) is 13.8 Å². The number of aromatic nitrogens is 1. The Morgan fingerprint density at radius 2 is 2.05 bits per heavy atom. The first-order chi connectivity index (χ1) is 10.0. The molecule has 2 aliphatic heterocycles. The van der Waals surface area contributed by atoms with Crippen LogP contribution in [0.15, 0.2) is 18.3 Å². The lowest BCUT2D eigenvalue weighted by molar-refractivity contribution is 0.0476. The van der Waals surface area contributed by atoms with Gasteiger partial charge in [0, 0.05) is 37.2 Å². The summed E-state index contributed by atoms with van der Waals surface area (Å²) in [6, 6.07) is 4.23. The van der Waals surface area contributed by atoms with Gasteiger partial charge in [0.05, 0.1) is 0 Å². The van der Waals surface area contributed by atoms with Crippen LogP contribution in [0.2, 0.25) is 0 Å². The monoisotopic (exact) mass is 290 g/mol. The maximum atomic E-state index is 11.3. The Bertz CT molecular complexity index is 518. The molecule has 5 heteroatoms. The molecule has 5 nitrogen and oxygen atoms in total. The summed E-state index contributed by atoms with van der Waals surface area (Å²) < 4.78 is 6.02. The van der Waals surface area contributed by atoms with Gasteiger partial charge in [-0.2, -0.15) is 0 Å². The summed E-state index contributed by atoms with van der Waals surface area (Å²) in [6.45, 7) is 4.29. The predicted molar refractivity (Wildman–Crippen MR) is 78.6 cm³/mol. The van der Waals surface area contributed by atoms with E-state index in [1.807, 2.05) is 12.1 Å². The second-order valence-corrected chi connectivity index (χ2v) is 6.37. The molecule has 0 radical (unpaired) electrons. The number of hydrogen-bond acceptors (Lipinski definition) is 3. The minimum atomic E-state index is -0.791. The lowest BCUT2D eigenvalue weighted by Gasteiger charge is -2.36. The Labute approximate surface area is 124 Å². The van der Waals surface area contributed by atoms with E-state index in [2.05, 4.69) is 18.8 Å². The summed E-state index contributed by atoms with van der Waals surface area (Å²) in [4.78, 5) is 17.2. The molecule has 114 valence electrons. The number of hydrogen-bond donors (Lipinski definition) is 1. The third-order valence-electron chi connectivity index (χ3n) is 4.62. The van der Waals surface area contributed by atoms with E-state index in [9.17, 15) is 9.90 Å². The Kier molecular flexibility index (Phi) is 3.74. The van der Waals surface area contributed by atoms with Crippen molar-refractivity contribution in [2.75, 3.05) is 0 Å². The average Bonchev–Trinajstić information content (AvgIpc) is 2.71. The van der Waals surface area contributed by atoms with Gasteiger partial charge in [-0.25, -0.2) is 9.78 Å². The van der Waals surface area contributed by atoms with Crippen molar-refractivity contribution >= 4 is 6.09 Å². The first kappa shape index (κ1) is 14.2. The molecule has 0 saturated carbocycles. The quantitative estimate of drug-likeness (QED) is 0.928. The molecule has 1 aromatic heterocycles. The summed E-state index contributed by atoms with van der Waals surface area (Å²) in [5.74, 6) is 1.11. The number of pyridine rings is 1. The van der Waals surface area contributed by atoms with Gasteiger partial charge in [-0.3, -0.25) is 0 Å². The van der Waals surface area contributed by atoms with Crippen LogP contribution in [0, 0.1) is 0 Å². The molecule has 0 aliphatic carbocycles. The molecular weight excluding hydrogens is 268 g/mol. The first-order valence-corrected chi connectivity index (χ1v) is 7.68. The number of carbonyl (C=O) groups is 1. The van der Waals surface area contributed by atoms with E-state index in [0.717, 1.165) is 25.7 Å². The number of fused-ring (bicyclic) bond motifs is 2. The number of ether oxygens (including phenoxy) is 1. The molecule has 1 aromatic rings. The molecule has 2 fully saturated rings. The maximum absolute atomic E-state index is 11.3. The Balaban J connectivity index is 1.68. The highest BCUT2D eigenvalue weighted by molar-refractivity contribution is 5.66. The largest absolute Gasteiger partial charge is 0.474 e. The zero-order chi connectivity index (χ0) is 15.0. The number of amides is 1. The number of carboxylic acid groups (broad SMARTS) is 1. The second kappa shape index (κ2) is 5.54. The summed E-state index contributed by atoms with van der Waals surface area (Å²) in [5, 5.41) is 9.27. The van der Waals surface area contributed by atoms with Gasteiger partial charge < -0.3 is 14.7 Å². The highest BCUT2D eigenvalue weighted by Gasteiger charge is 2.44. The van der Waals surface area contributed by atoms with Crippen LogP contribution in [0.25, 0.3) is 0 Å². The lowest BCUT2D eigenvalue weighted by Crippen LogP contribution is -2.48. The molecule has 3 heterocycles. The van der Waals surface area contributed by atoms with Crippen LogP contribution in [0.5, 0.6) is 5.88 Å². The van der Waals surface area contributed by atoms with Gasteiger partial charge in [0.2, 0.25) is 5.88 Å². The van der Waals surface area contributed by atoms with Crippen LogP contribution in [-0.2, 0) is 0 Å². The van der Waals surface area contributed by atoms with Gasteiger partial charge in [0.25, 0.3) is 0 Å². The Morgan fingerprint density at radius 3 is 2.62 bits per heavy atom.